The molecule has 1 atom stereocenters. The third-order valence-electron chi connectivity index (χ3n) is 4.89. The Morgan fingerprint density at radius 3 is 2.96 bits per heavy atom. The van der Waals surface area contributed by atoms with Crippen molar-refractivity contribution >= 4 is 16.9 Å². The van der Waals surface area contributed by atoms with E-state index in [1.165, 1.54) is 0 Å². The quantitative estimate of drug-likeness (QED) is 0.726. The number of carbonyl (C=O) groups is 1. The van der Waals surface area contributed by atoms with Crippen LogP contribution in [0.15, 0.2) is 35.1 Å². The van der Waals surface area contributed by atoms with E-state index in [1.54, 1.807) is 6.26 Å². The van der Waals surface area contributed by atoms with Crippen LogP contribution < -0.4 is 0 Å². The van der Waals surface area contributed by atoms with E-state index in [9.17, 15) is 4.79 Å². The molecule has 136 valence electrons. The molecule has 1 amide bonds. The molecule has 6 nitrogen and oxygen atoms in total. The Hall–Kier alpha value is -2.60. The number of furan rings is 1. The number of morpholine rings is 1. The summed E-state index contributed by atoms with van der Waals surface area (Å²) in [5, 5.41) is 1.01. The molecule has 1 aliphatic heterocycles. The van der Waals surface area contributed by atoms with Gasteiger partial charge in [-0.2, -0.15) is 0 Å². The first kappa shape index (κ1) is 16.8. The molecule has 0 unspecified atom stereocenters. The molecular weight excluding hydrogens is 330 g/mol. The maximum Gasteiger partial charge on any atom is 0.227 e. The predicted molar refractivity (Wildman–Crippen MR) is 97.9 cm³/mol. The van der Waals surface area contributed by atoms with E-state index < -0.39 is 0 Å². The van der Waals surface area contributed by atoms with Crippen molar-refractivity contribution in [3.05, 3.63) is 53.3 Å². The molecule has 6 heteroatoms. The van der Waals surface area contributed by atoms with E-state index in [0.717, 1.165) is 33.6 Å². The molecule has 1 aliphatic rings. The summed E-state index contributed by atoms with van der Waals surface area (Å²) >= 11 is 0. The monoisotopic (exact) mass is 353 g/mol. The van der Waals surface area contributed by atoms with Gasteiger partial charge in [-0.05, 0) is 25.5 Å². The third-order valence-corrected chi connectivity index (χ3v) is 4.89. The first-order chi connectivity index (χ1) is 12.5. The lowest BCUT2D eigenvalue weighted by molar-refractivity contribution is -0.138. The van der Waals surface area contributed by atoms with Crippen molar-refractivity contribution in [1.82, 2.24) is 14.5 Å². The second-order valence-corrected chi connectivity index (χ2v) is 6.99. The van der Waals surface area contributed by atoms with Crippen LogP contribution in [0.25, 0.3) is 11.0 Å². The van der Waals surface area contributed by atoms with Crippen LogP contribution in [0.4, 0.5) is 0 Å². The average Bonchev–Trinajstić information content (AvgIpc) is 3.17. The summed E-state index contributed by atoms with van der Waals surface area (Å²) in [7, 11) is 1.96. The summed E-state index contributed by atoms with van der Waals surface area (Å²) in [6, 6.07) is 6.06. The standard InChI is InChI=1S/C20H23N3O3/c1-13-4-5-16-15(12-26-17(16)8-13)9-19(24)23-6-7-25-18(11-23)20-21-14(2)10-22(20)3/h4-5,8,10,12,18H,6-7,9,11H2,1-3H3/t18-/m1/s1. The Labute approximate surface area is 152 Å². The van der Waals surface area contributed by atoms with Gasteiger partial charge < -0.3 is 18.6 Å². The Morgan fingerprint density at radius 1 is 1.35 bits per heavy atom. The number of amides is 1. The van der Waals surface area contributed by atoms with Crippen molar-refractivity contribution in [3.63, 3.8) is 0 Å². The normalized spacial score (nSPS) is 17.8. The number of nitrogens with zero attached hydrogens (tertiary/aromatic N) is 3. The van der Waals surface area contributed by atoms with Crippen molar-refractivity contribution < 1.29 is 13.9 Å². The highest BCUT2D eigenvalue weighted by Gasteiger charge is 2.28. The minimum absolute atomic E-state index is 0.0903. The molecule has 0 saturated carbocycles. The number of hydrogen-bond acceptors (Lipinski definition) is 4. The van der Waals surface area contributed by atoms with Crippen LogP contribution in [0.3, 0.4) is 0 Å². The molecule has 0 bridgehead atoms. The highest BCUT2D eigenvalue weighted by molar-refractivity contribution is 5.88. The van der Waals surface area contributed by atoms with Gasteiger partial charge in [0.2, 0.25) is 5.91 Å². The second-order valence-electron chi connectivity index (χ2n) is 6.99. The van der Waals surface area contributed by atoms with Crippen molar-refractivity contribution in [2.24, 2.45) is 7.05 Å². The Balaban J connectivity index is 1.49. The predicted octanol–water partition coefficient (Wildman–Crippen LogP) is 2.93. The number of aromatic nitrogens is 2. The van der Waals surface area contributed by atoms with Crippen LogP contribution in [0.5, 0.6) is 0 Å². The van der Waals surface area contributed by atoms with Crippen LogP contribution in [-0.4, -0.2) is 40.1 Å². The van der Waals surface area contributed by atoms with Gasteiger partial charge in [0.1, 0.15) is 17.5 Å². The molecular formula is C20H23N3O3. The van der Waals surface area contributed by atoms with Gasteiger partial charge in [0, 0.05) is 30.7 Å². The molecule has 4 rings (SSSR count). The van der Waals surface area contributed by atoms with Gasteiger partial charge in [-0.15, -0.1) is 0 Å². The molecule has 26 heavy (non-hydrogen) atoms. The number of fused-ring (bicyclic) bond motifs is 1. The van der Waals surface area contributed by atoms with Crippen LogP contribution >= 0.6 is 0 Å². The van der Waals surface area contributed by atoms with Gasteiger partial charge in [0.15, 0.2) is 0 Å². The molecule has 1 saturated heterocycles. The zero-order valence-corrected chi connectivity index (χ0v) is 15.4. The second kappa shape index (κ2) is 6.61. The first-order valence-corrected chi connectivity index (χ1v) is 8.87. The molecule has 1 fully saturated rings. The molecule has 0 radical (unpaired) electrons. The number of benzene rings is 1. The smallest absolute Gasteiger partial charge is 0.227 e. The molecule has 2 aromatic heterocycles. The van der Waals surface area contributed by atoms with Crippen molar-refractivity contribution in [2.45, 2.75) is 26.4 Å². The van der Waals surface area contributed by atoms with Crippen LogP contribution in [-0.2, 0) is 23.0 Å². The molecule has 0 aliphatic carbocycles. The number of aryl methyl sites for hydroxylation is 3. The molecule has 0 N–H and O–H groups in total. The average molecular weight is 353 g/mol. The van der Waals surface area contributed by atoms with Gasteiger partial charge in [0.25, 0.3) is 0 Å². The van der Waals surface area contributed by atoms with E-state index in [1.807, 2.05) is 54.8 Å². The van der Waals surface area contributed by atoms with Crippen LogP contribution in [0, 0.1) is 13.8 Å². The zero-order valence-electron chi connectivity index (χ0n) is 15.4. The molecule has 1 aromatic carbocycles. The zero-order chi connectivity index (χ0) is 18.3. The van der Waals surface area contributed by atoms with Gasteiger partial charge in [0.05, 0.1) is 31.5 Å². The third kappa shape index (κ3) is 3.12. The lowest BCUT2D eigenvalue weighted by Gasteiger charge is -2.32. The maximum atomic E-state index is 12.8. The number of ether oxygens (including phenoxy) is 1. The van der Waals surface area contributed by atoms with Crippen molar-refractivity contribution in [3.8, 4) is 0 Å². The number of rotatable bonds is 3. The highest BCUT2D eigenvalue weighted by Crippen LogP contribution is 2.25. The topological polar surface area (TPSA) is 60.5 Å². The summed E-state index contributed by atoms with van der Waals surface area (Å²) in [4.78, 5) is 19.2. The Morgan fingerprint density at radius 2 is 2.19 bits per heavy atom. The van der Waals surface area contributed by atoms with E-state index in [-0.39, 0.29) is 12.0 Å². The summed E-state index contributed by atoms with van der Waals surface area (Å²) in [5.41, 5.74) is 3.86. The molecule has 3 aromatic rings. The summed E-state index contributed by atoms with van der Waals surface area (Å²) in [5.74, 6) is 0.955. The fourth-order valence-corrected chi connectivity index (χ4v) is 3.57. The minimum Gasteiger partial charge on any atom is -0.464 e. The van der Waals surface area contributed by atoms with Gasteiger partial charge in [-0.1, -0.05) is 12.1 Å². The van der Waals surface area contributed by atoms with E-state index >= 15 is 0 Å². The number of carbonyl (C=O) groups excluding carboxylic acids is 1. The lowest BCUT2D eigenvalue weighted by atomic mass is 10.1. The van der Waals surface area contributed by atoms with Crippen molar-refractivity contribution in [2.75, 3.05) is 19.7 Å². The largest absolute Gasteiger partial charge is 0.464 e. The van der Waals surface area contributed by atoms with E-state index in [0.29, 0.717) is 26.1 Å². The fourth-order valence-electron chi connectivity index (χ4n) is 3.57. The summed E-state index contributed by atoms with van der Waals surface area (Å²) in [6.45, 7) is 5.64. The fraction of sp³-hybridized carbons (Fsp3) is 0.400. The number of hydrogen-bond donors (Lipinski definition) is 0. The molecule has 3 heterocycles. The number of imidazole rings is 1. The Kier molecular flexibility index (Phi) is 4.28. The minimum atomic E-state index is -0.185. The van der Waals surface area contributed by atoms with Crippen LogP contribution in [0.2, 0.25) is 0 Å². The van der Waals surface area contributed by atoms with Gasteiger partial charge in [-0.25, -0.2) is 4.98 Å². The SMILES string of the molecule is Cc1ccc2c(CC(=O)N3CCO[C@@H](c4nc(C)cn4C)C3)coc2c1. The summed E-state index contributed by atoms with van der Waals surface area (Å²) < 4.78 is 13.5. The van der Waals surface area contributed by atoms with Gasteiger partial charge >= 0.3 is 0 Å². The summed E-state index contributed by atoms with van der Waals surface area (Å²) in [6.07, 6.45) is 3.82. The van der Waals surface area contributed by atoms with Crippen LogP contribution in [0.1, 0.15) is 28.7 Å². The molecule has 0 spiro atoms. The first-order valence-electron chi connectivity index (χ1n) is 8.87. The maximum absolute atomic E-state index is 12.8. The van der Waals surface area contributed by atoms with Gasteiger partial charge in [-0.3, -0.25) is 4.79 Å². The Bertz CT molecular complexity index is 957. The lowest BCUT2D eigenvalue weighted by Crippen LogP contribution is -2.43. The van der Waals surface area contributed by atoms with E-state index in [4.69, 9.17) is 9.15 Å². The van der Waals surface area contributed by atoms with Crippen molar-refractivity contribution in [1.29, 1.82) is 0 Å². The van der Waals surface area contributed by atoms with E-state index in [2.05, 4.69) is 4.98 Å². The highest BCUT2D eigenvalue weighted by atomic mass is 16.5.